The minimum absolute atomic E-state index is 0.142. The van der Waals surface area contributed by atoms with Crippen molar-refractivity contribution in [1.29, 1.82) is 0 Å². The number of hydrogen-bond acceptors (Lipinski definition) is 4. The van der Waals surface area contributed by atoms with Gasteiger partial charge in [0.05, 0.1) is 0 Å². The maximum Gasteiger partial charge on any atom is 0.230 e. The van der Waals surface area contributed by atoms with Crippen LogP contribution in [0, 0.1) is 5.41 Å². The molecule has 2 rings (SSSR count). The zero-order valence-electron chi connectivity index (χ0n) is 7.24. The molecule has 1 unspecified atom stereocenters. The fraction of sp³-hybridized carbons (Fsp3) is 0.750. The van der Waals surface area contributed by atoms with Crippen molar-refractivity contribution in [3.63, 3.8) is 0 Å². The number of aliphatic hydroxyl groups excluding tert-OH is 1. The van der Waals surface area contributed by atoms with E-state index in [0.29, 0.717) is 23.0 Å². The van der Waals surface area contributed by atoms with Crippen LogP contribution in [-0.2, 0) is 6.61 Å². The van der Waals surface area contributed by atoms with E-state index in [1.807, 2.05) is 0 Å². The zero-order valence-corrected chi connectivity index (χ0v) is 7.24. The monoisotopic (exact) mass is 168 g/mol. The van der Waals surface area contributed by atoms with E-state index in [2.05, 4.69) is 24.0 Å². The molecule has 0 radical (unpaired) electrons. The molecule has 1 saturated carbocycles. The number of nitrogens with zero attached hydrogens (tertiary/aromatic N) is 2. The molecule has 0 aromatic carbocycles. The Morgan fingerprint density at radius 2 is 2.33 bits per heavy atom. The van der Waals surface area contributed by atoms with Crippen LogP contribution < -0.4 is 0 Å². The molecule has 0 saturated heterocycles. The predicted octanol–water partition coefficient (Wildman–Crippen LogP) is 1.08. The van der Waals surface area contributed by atoms with Gasteiger partial charge < -0.3 is 9.63 Å². The third-order valence-electron chi connectivity index (χ3n) is 2.44. The molecule has 1 fully saturated rings. The lowest BCUT2D eigenvalue weighted by Gasteiger charge is -1.95. The molecule has 1 aromatic heterocycles. The summed E-state index contributed by atoms with van der Waals surface area (Å²) in [6.07, 6.45) is 1.10. The summed E-state index contributed by atoms with van der Waals surface area (Å²) in [7, 11) is 0. The van der Waals surface area contributed by atoms with Gasteiger partial charge in [0.2, 0.25) is 5.89 Å². The minimum atomic E-state index is -0.142. The highest BCUT2D eigenvalue weighted by Gasteiger charge is 2.50. The molecule has 1 N–H and O–H groups in total. The quantitative estimate of drug-likeness (QED) is 0.717. The van der Waals surface area contributed by atoms with Gasteiger partial charge in [-0.25, -0.2) is 0 Å². The Bertz CT molecular complexity index is 293. The molecule has 0 amide bonds. The molecule has 0 bridgehead atoms. The largest absolute Gasteiger partial charge is 0.388 e. The molecule has 1 aromatic rings. The molecule has 12 heavy (non-hydrogen) atoms. The Hall–Kier alpha value is -0.900. The van der Waals surface area contributed by atoms with Crippen molar-refractivity contribution in [2.24, 2.45) is 5.41 Å². The first-order valence-corrected chi connectivity index (χ1v) is 4.07. The molecule has 1 aliphatic carbocycles. The van der Waals surface area contributed by atoms with Crippen LogP contribution in [0.5, 0.6) is 0 Å². The Kier molecular flexibility index (Phi) is 1.48. The Balaban J connectivity index is 2.15. The second kappa shape index (κ2) is 2.29. The summed E-state index contributed by atoms with van der Waals surface area (Å²) in [4.78, 5) is 4.06. The van der Waals surface area contributed by atoms with Crippen molar-refractivity contribution < 1.29 is 9.63 Å². The summed E-state index contributed by atoms with van der Waals surface area (Å²) in [5.74, 6) is 1.45. The van der Waals surface area contributed by atoms with Crippen LogP contribution in [0.3, 0.4) is 0 Å². The Morgan fingerprint density at radius 3 is 2.75 bits per heavy atom. The van der Waals surface area contributed by atoms with Crippen LogP contribution in [0.1, 0.15) is 37.9 Å². The summed E-state index contributed by atoms with van der Waals surface area (Å²) in [5.41, 5.74) is 0.305. The van der Waals surface area contributed by atoms with E-state index in [1.165, 1.54) is 0 Å². The lowest BCUT2D eigenvalue weighted by Crippen LogP contribution is -1.91. The SMILES string of the molecule is CC1(C)CC1c1nc(CO)no1. The average Bonchev–Trinajstić information content (AvgIpc) is 2.52. The van der Waals surface area contributed by atoms with Gasteiger partial charge in [0.25, 0.3) is 0 Å². The van der Waals surface area contributed by atoms with Crippen molar-refractivity contribution in [2.45, 2.75) is 32.8 Å². The zero-order chi connectivity index (χ0) is 8.77. The Morgan fingerprint density at radius 1 is 1.67 bits per heavy atom. The van der Waals surface area contributed by atoms with Gasteiger partial charge in [0.15, 0.2) is 5.82 Å². The number of rotatable bonds is 2. The van der Waals surface area contributed by atoms with Crippen LogP contribution >= 0.6 is 0 Å². The van der Waals surface area contributed by atoms with Gasteiger partial charge in [-0.15, -0.1) is 0 Å². The van der Waals surface area contributed by atoms with Crippen molar-refractivity contribution >= 4 is 0 Å². The Labute approximate surface area is 70.6 Å². The van der Waals surface area contributed by atoms with E-state index >= 15 is 0 Å². The molecule has 1 atom stereocenters. The first-order chi connectivity index (χ1) is 5.63. The van der Waals surface area contributed by atoms with E-state index in [-0.39, 0.29) is 6.61 Å². The lowest BCUT2D eigenvalue weighted by atomic mass is 10.1. The summed E-state index contributed by atoms with van der Waals surface area (Å²) >= 11 is 0. The van der Waals surface area contributed by atoms with Gasteiger partial charge in [-0.3, -0.25) is 0 Å². The molecule has 1 heterocycles. The number of aromatic nitrogens is 2. The van der Waals surface area contributed by atoms with Gasteiger partial charge in [0.1, 0.15) is 6.61 Å². The third kappa shape index (κ3) is 1.12. The highest BCUT2D eigenvalue weighted by atomic mass is 16.5. The van der Waals surface area contributed by atoms with E-state index in [4.69, 9.17) is 9.63 Å². The van der Waals surface area contributed by atoms with Gasteiger partial charge in [-0.05, 0) is 11.8 Å². The fourth-order valence-electron chi connectivity index (χ4n) is 1.36. The van der Waals surface area contributed by atoms with Crippen LogP contribution in [-0.4, -0.2) is 15.2 Å². The molecule has 4 heteroatoms. The van der Waals surface area contributed by atoms with Gasteiger partial charge in [-0.2, -0.15) is 4.98 Å². The smallest absolute Gasteiger partial charge is 0.230 e. The van der Waals surface area contributed by atoms with Crippen molar-refractivity contribution in [3.8, 4) is 0 Å². The molecule has 0 aliphatic heterocycles. The van der Waals surface area contributed by atoms with Crippen molar-refractivity contribution in [3.05, 3.63) is 11.7 Å². The van der Waals surface area contributed by atoms with Crippen molar-refractivity contribution in [2.75, 3.05) is 0 Å². The molecule has 66 valence electrons. The maximum absolute atomic E-state index is 8.70. The topological polar surface area (TPSA) is 59.2 Å². The normalized spacial score (nSPS) is 25.8. The van der Waals surface area contributed by atoms with Gasteiger partial charge >= 0.3 is 0 Å². The average molecular weight is 168 g/mol. The fourth-order valence-corrected chi connectivity index (χ4v) is 1.36. The second-order valence-corrected chi connectivity index (χ2v) is 3.95. The van der Waals surface area contributed by atoms with Crippen molar-refractivity contribution in [1.82, 2.24) is 10.1 Å². The predicted molar refractivity (Wildman–Crippen MR) is 41.4 cm³/mol. The molecule has 0 spiro atoms. The summed E-state index contributed by atoms with van der Waals surface area (Å²) in [5, 5.41) is 12.3. The number of aliphatic hydroxyl groups is 1. The van der Waals surface area contributed by atoms with E-state index < -0.39 is 0 Å². The highest BCUT2D eigenvalue weighted by Crippen LogP contribution is 2.57. The highest BCUT2D eigenvalue weighted by molar-refractivity contribution is 5.12. The molecular weight excluding hydrogens is 156 g/mol. The van der Waals surface area contributed by atoms with Crippen LogP contribution in [0.4, 0.5) is 0 Å². The third-order valence-corrected chi connectivity index (χ3v) is 2.44. The number of hydrogen-bond donors (Lipinski definition) is 1. The van der Waals surface area contributed by atoms with E-state index in [9.17, 15) is 0 Å². The first kappa shape index (κ1) is 7.73. The maximum atomic E-state index is 8.70. The molecular formula is C8H12N2O2. The van der Waals surface area contributed by atoms with Crippen LogP contribution in [0.15, 0.2) is 4.52 Å². The summed E-state index contributed by atoms with van der Waals surface area (Å²) < 4.78 is 4.99. The molecule has 4 nitrogen and oxygen atoms in total. The summed E-state index contributed by atoms with van der Waals surface area (Å²) in [6.45, 7) is 4.19. The van der Waals surface area contributed by atoms with E-state index in [0.717, 1.165) is 6.42 Å². The first-order valence-electron chi connectivity index (χ1n) is 4.07. The van der Waals surface area contributed by atoms with E-state index in [1.54, 1.807) is 0 Å². The standard InChI is InChI=1S/C8H12N2O2/c1-8(2)3-5(8)7-9-6(4-11)10-12-7/h5,11H,3-4H2,1-2H3. The lowest BCUT2D eigenvalue weighted by molar-refractivity contribution is 0.262. The van der Waals surface area contributed by atoms with Crippen LogP contribution in [0.2, 0.25) is 0 Å². The van der Waals surface area contributed by atoms with Crippen LogP contribution in [0.25, 0.3) is 0 Å². The molecule has 1 aliphatic rings. The van der Waals surface area contributed by atoms with Gasteiger partial charge in [0, 0.05) is 5.92 Å². The van der Waals surface area contributed by atoms with Gasteiger partial charge in [-0.1, -0.05) is 19.0 Å². The second-order valence-electron chi connectivity index (χ2n) is 3.95. The minimum Gasteiger partial charge on any atom is -0.388 e. The summed E-state index contributed by atoms with van der Waals surface area (Å²) in [6, 6.07) is 0.